The molecule has 0 atom stereocenters. The zero-order valence-electron chi connectivity index (χ0n) is 4.91. The van der Waals surface area contributed by atoms with Crippen LogP contribution in [0.1, 0.15) is 19.8 Å². The molecule has 0 spiro atoms. The molecule has 0 saturated carbocycles. The van der Waals surface area contributed by atoms with Crippen molar-refractivity contribution < 1.29 is 4.79 Å². The smallest absolute Gasteiger partial charge is 0.280 e. The normalized spacial score (nSPS) is 8.75. The number of rotatable bonds is 3. The van der Waals surface area contributed by atoms with Gasteiger partial charge in [0.1, 0.15) is 0 Å². The molecule has 1 amide bonds. The van der Waals surface area contributed by atoms with Crippen molar-refractivity contribution >= 4 is 26.5 Å². The minimum Gasteiger partial charge on any atom is -0.348 e. The maximum atomic E-state index is 10.2. The largest absolute Gasteiger partial charge is 0.348 e. The third kappa shape index (κ3) is 6.20. The number of nitrogens with one attached hydrogen (secondary N) is 1. The van der Waals surface area contributed by atoms with Gasteiger partial charge >= 0.3 is 0 Å². The molecule has 0 aromatic heterocycles. The van der Waals surface area contributed by atoms with E-state index in [1.807, 2.05) is 0 Å². The van der Waals surface area contributed by atoms with Gasteiger partial charge in [0.15, 0.2) is 0 Å². The van der Waals surface area contributed by atoms with Crippen molar-refractivity contribution in [1.29, 1.82) is 0 Å². The summed E-state index contributed by atoms with van der Waals surface area (Å²) in [5, 5.41) is 2.69. The standard InChI is InChI=1S/C5H10INO/c1-2-3-4-7-5(6)8/h2-4H2,1H3,(H,7,8). The first kappa shape index (κ1) is 8.20. The summed E-state index contributed by atoms with van der Waals surface area (Å²) in [6.45, 7) is 2.91. The molecular formula is C5H10INO. The molecule has 2 nitrogen and oxygen atoms in total. The van der Waals surface area contributed by atoms with Gasteiger partial charge < -0.3 is 5.32 Å². The van der Waals surface area contributed by atoms with Crippen molar-refractivity contribution in [2.75, 3.05) is 6.54 Å². The summed E-state index contributed by atoms with van der Waals surface area (Å²) < 4.78 is 0.0380. The number of unbranched alkanes of at least 4 members (excludes halogenated alkanes) is 1. The van der Waals surface area contributed by atoms with Crippen LogP contribution in [-0.2, 0) is 0 Å². The van der Waals surface area contributed by atoms with Crippen LogP contribution in [0.3, 0.4) is 0 Å². The molecule has 0 radical (unpaired) electrons. The zero-order valence-corrected chi connectivity index (χ0v) is 7.07. The fourth-order valence-electron chi connectivity index (χ4n) is 0.363. The van der Waals surface area contributed by atoms with Crippen molar-refractivity contribution in [2.45, 2.75) is 19.8 Å². The van der Waals surface area contributed by atoms with Crippen LogP contribution in [0.4, 0.5) is 4.79 Å². The van der Waals surface area contributed by atoms with Crippen molar-refractivity contribution in [1.82, 2.24) is 5.32 Å². The summed E-state index contributed by atoms with van der Waals surface area (Å²) in [5.74, 6) is 0. The first-order valence-corrected chi connectivity index (χ1v) is 3.78. The molecule has 3 heteroatoms. The van der Waals surface area contributed by atoms with Gasteiger partial charge in [-0.2, -0.15) is 0 Å². The molecule has 0 aliphatic carbocycles. The molecule has 0 fully saturated rings. The minimum atomic E-state index is 0.0380. The van der Waals surface area contributed by atoms with E-state index in [1.165, 1.54) is 0 Å². The summed E-state index contributed by atoms with van der Waals surface area (Å²) in [4.78, 5) is 10.2. The molecule has 0 unspecified atom stereocenters. The van der Waals surface area contributed by atoms with Gasteiger partial charge in [0.05, 0.1) is 0 Å². The van der Waals surface area contributed by atoms with Gasteiger partial charge in [-0.3, -0.25) is 4.79 Å². The van der Waals surface area contributed by atoms with Crippen LogP contribution in [0.15, 0.2) is 0 Å². The summed E-state index contributed by atoms with van der Waals surface area (Å²) in [5.41, 5.74) is 0. The quantitative estimate of drug-likeness (QED) is 0.339. The van der Waals surface area contributed by atoms with Crippen molar-refractivity contribution in [2.24, 2.45) is 0 Å². The van der Waals surface area contributed by atoms with E-state index >= 15 is 0 Å². The molecule has 0 aliphatic rings. The number of carbonyl (C=O) groups excluding carboxylic acids is 1. The van der Waals surface area contributed by atoms with Gasteiger partial charge in [0.2, 0.25) is 0 Å². The Bertz CT molecular complexity index is 74.8. The Labute approximate surface area is 63.2 Å². The monoisotopic (exact) mass is 227 g/mol. The minimum absolute atomic E-state index is 0.0380. The van der Waals surface area contributed by atoms with E-state index in [1.54, 1.807) is 22.6 Å². The molecule has 0 aromatic rings. The number of carbonyl (C=O) groups is 1. The summed E-state index contributed by atoms with van der Waals surface area (Å²) in [6.07, 6.45) is 2.21. The second-order valence-electron chi connectivity index (χ2n) is 1.55. The fourth-order valence-corrected chi connectivity index (χ4v) is 0.633. The Kier molecular flexibility index (Phi) is 5.47. The highest BCUT2D eigenvalue weighted by atomic mass is 127. The Morgan fingerprint density at radius 2 is 2.38 bits per heavy atom. The predicted molar refractivity (Wildman–Crippen MR) is 42.3 cm³/mol. The molecule has 0 aromatic carbocycles. The van der Waals surface area contributed by atoms with Crippen molar-refractivity contribution in [3.63, 3.8) is 0 Å². The molecule has 48 valence electrons. The SMILES string of the molecule is CCCCNC(=O)I. The number of hydrogen-bond acceptors (Lipinski definition) is 1. The Balaban J connectivity index is 2.82. The third-order valence-electron chi connectivity index (χ3n) is 0.794. The lowest BCUT2D eigenvalue weighted by molar-refractivity contribution is 0.263. The number of amides is 1. The van der Waals surface area contributed by atoms with Crippen molar-refractivity contribution in [3.05, 3.63) is 0 Å². The first-order chi connectivity index (χ1) is 3.77. The molecule has 1 N–H and O–H groups in total. The molecule has 0 bridgehead atoms. The van der Waals surface area contributed by atoms with Crippen LogP contribution in [0.2, 0.25) is 0 Å². The van der Waals surface area contributed by atoms with Crippen LogP contribution < -0.4 is 5.32 Å². The van der Waals surface area contributed by atoms with Crippen LogP contribution in [0, 0.1) is 0 Å². The third-order valence-corrected chi connectivity index (χ3v) is 1.18. The zero-order chi connectivity index (χ0) is 6.41. The van der Waals surface area contributed by atoms with Gasteiger partial charge in [0, 0.05) is 29.1 Å². The predicted octanol–water partition coefficient (Wildman–Crippen LogP) is 1.93. The van der Waals surface area contributed by atoms with E-state index in [-0.39, 0.29) is 3.91 Å². The molecular weight excluding hydrogens is 217 g/mol. The van der Waals surface area contributed by atoms with E-state index < -0.39 is 0 Å². The molecule has 0 saturated heterocycles. The Hall–Kier alpha value is 0.200. The van der Waals surface area contributed by atoms with Gasteiger partial charge in [-0.25, -0.2) is 0 Å². The lowest BCUT2D eigenvalue weighted by Gasteiger charge is -1.95. The maximum absolute atomic E-state index is 10.2. The highest BCUT2D eigenvalue weighted by molar-refractivity contribution is 14.1. The summed E-state index contributed by atoms with van der Waals surface area (Å²) >= 11 is 1.73. The summed E-state index contributed by atoms with van der Waals surface area (Å²) in [7, 11) is 0. The van der Waals surface area contributed by atoms with E-state index in [0.29, 0.717) is 0 Å². The lowest BCUT2D eigenvalue weighted by atomic mass is 10.3. The fraction of sp³-hybridized carbons (Fsp3) is 0.800. The second-order valence-corrected chi connectivity index (χ2v) is 2.53. The average Bonchev–Trinajstić information content (AvgIpc) is 1.66. The van der Waals surface area contributed by atoms with Crippen LogP contribution in [-0.4, -0.2) is 10.5 Å². The number of hydrogen-bond donors (Lipinski definition) is 1. The highest BCUT2D eigenvalue weighted by Crippen LogP contribution is 1.86. The van der Waals surface area contributed by atoms with E-state index in [4.69, 9.17) is 0 Å². The Morgan fingerprint density at radius 1 is 1.75 bits per heavy atom. The van der Waals surface area contributed by atoms with Crippen LogP contribution in [0.5, 0.6) is 0 Å². The molecule has 0 heterocycles. The van der Waals surface area contributed by atoms with Crippen molar-refractivity contribution in [3.8, 4) is 0 Å². The lowest BCUT2D eigenvalue weighted by Crippen LogP contribution is -2.16. The van der Waals surface area contributed by atoms with E-state index in [9.17, 15) is 4.79 Å². The summed E-state index contributed by atoms with van der Waals surface area (Å²) in [6, 6.07) is 0. The molecule has 0 aliphatic heterocycles. The van der Waals surface area contributed by atoms with E-state index in [0.717, 1.165) is 19.4 Å². The topological polar surface area (TPSA) is 29.1 Å². The van der Waals surface area contributed by atoms with Gasteiger partial charge in [-0.15, -0.1) is 0 Å². The van der Waals surface area contributed by atoms with Gasteiger partial charge in [-0.05, 0) is 6.42 Å². The van der Waals surface area contributed by atoms with Gasteiger partial charge in [0.25, 0.3) is 3.91 Å². The maximum Gasteiger partial charge on any atom is 0.280 e. The average molecular weight is 227 g/mol. The first-order valence-electron chi connectivity index (χ1n) is 2.70. The number of halogens is 1. The second kappa shape index (κ2) is 5.34. The van der Waals surface area contributed by atoms with Crippen LogP contribution >= 0.6 is 22.6 Å². The van der Waals surface area contributed by atoms with Crippen LogP contribution in [0.25, 0.3) is 0 Å². The Morgan fingerprint density at radius 3 is 2.75 bits per heavy atom. The van der Waals surface area contributed by atoms with Gasteiger partial charge in [-0.1, -0.05) is 13.3 Å². The molecule has 0 rings (SSSR count). The van der Waals surface area contributed by atoms with E-state index in [2.05, 4.69) is 12.2 Å². The highest BCUT2D eigenvalue weighted by Gasteiger charge is 1.87. The molecule has 8 heavy (non-hydrogen) atoms.